The maximum atomic E-state index is 12.6. The van der Waals surface area contributed by atoms with Crippen LogP contribution in [0.25, 0.3) is 0 Å². The molecule has 0 aromatic heterocycles. The Hall–Kier alpha value is -1.55. The lowest BCUT2D eigenvalue weighted by Crippen LogP contribution is -2.47. The molecule has 0 saturated carbocycles. The zero-order chi connectivity index (χ0) is 16.2. The first kappa shape index (κ1) is 16.3. The number of rotatable bonds is 3. The maximum Gasteiger partial charge on any atom is 0.226 e. The highest BCUT2D eigenvalue weighted by molar-refractivity contribution is 5.79. The van der Waals surface area contributed by atoms with Crippen LogP contribution >= 0.6 is 0 Å². The molecule has 1 N–H and O–H groups in total. The number of carbonyl (C=O) groups excluding carboxylic acids is 1. The lowest BCUT2D eigenvalue weighted by Gasteiger charge is -2.35. The van der Waals surface area contributed by atoms with Crippen molar-refractivity contribution in [2.75, 3.05) is 26.2 Å². The smallest absolute Gasteiger partial charge is 0.226 e. The number of piperidine rings is 2. The highest BCUT2D eigenvalue weighted by Crippen LogP contribution is 2.25. The predicted molar refractivity (Wildman–Crippen MR) is 91.7 cm³/mol. The first-order chi connectivity index (χ1) is 11.1. The van der Waals surface area contributed by atoms with Gasteiger partial charge in [0.2, 0.25) is 5.91 Å². The van der Waals surface area contributed by atoms with Crippen LogP contribution in [0.5, 0.6) is 5.75 Å². The van der Waals surface area contributed by atoms with Crippen molar-refractivity contribution in [3.8, 4) is 5.75 Å². The number of aryl methyl sites for hydroxylation is 2. The fraction of sp³-hybridized carbons (Fsp3) is 0.632. The van der Waals surface area contributed by atoms with Gasteiger partial charge in [0.05, 0.1) is 5.92 Å². The summed E-state index contributed by atoms with van der Waals surface area (Å²) in [6, 6.07) is 6.33. The van der Waals surface area contributed by atoms with Gasteiger partial charge in [0.1, 0.15) is 11.9 Å². The van der Waals surface area contributed by atoms with Crippen LogP contribution in [-0.4, -0.2) is 43.1 Å². The molecule has 4 heteroatoms. The minimum atomic E-state index is 0.181. The molecule has 1 atom stereocenters. The molecule has 2 aliphatic heterocycles. The molecule has 1 unspecified atom stereocenters. The van der Waals surface area contributed by atoms with E-state index in [0.717, 1.165) is 57.6 Å². The van der Waals surface area contributed by atoms with Crippen molar-refractivity contribution in [3.63, 3.8) is 0 Å². The van der Waals surface area contributed by atoms with E-state index in [1.54, 1.807) is 0 Å². The standard InChI is InChI=1S/C19H28N2O2/c1-14-5-6-15(2)18(12-14)23-17-7-10-21(11-8-17)19(22)16-4-3-9-20-13-16/h5-6,12,16-17,20H,3-4,7-11,13H2,1-2H3. The summed E-state index contributed by atoms with van der Waals surface area (Å²) in [5, 5.41) is 3.34. The summed E-state index contributed by atoms with van der Waals surface area (Å²) in [4.78, 5) is 14.6. The van der Waals surface area contributed by atoms with Gasteiger partial charge in [-0.25, -0.2) is 0 Å². The fourth-order valence-electron chi connectivity index (χ4n) is 3.53. The van der Waals surface area contributed by atoms with Crippen molar-refractivity contribution in [1.82, 2.24) is 10.2 Å². The summed E-state index contributed by atoms with van der Waals surface area (Å²) >= 11 is 0. The van der Waals surface area contributed by atoms with E-state index < -0.39 is 0 Å². The Morgan fingerprint density at radius 3 is 2.70 bits per heavy atom. The number of hydrogen-bond donors (Lipinski definition) is 1. The number of amides is 1. The second-order valence-corrected chi connectivity index (χ2v) is 6.95. The summed E-state index contributed by atoms with van der Waals surface area (Å²) in [7, 11) is 0. The third-order valence-corrected chi connectivity index (χ3v) is 5.04. The van der Waals surface area contributed by atoms with Crippen LogP contribution in [0.3, 0.4) is 0 Å². The van der Waals surface area contributed by atoms with Crippen LogP contribution in [-0.2, 0) is 4.79 Å². The molecule has 2 aliphatic rings. The SMILES string of the molecule is Cc1ccc(C)c(OC2CCN(C(=O)C3CCCNC3)CC2)c1. The summed E-state index contributed by atoms with van der Waals surface area (Å²) in [5.74, 6) is 1.51. The van der Waals surface area contributed by atoms with Gasteiger partial charge in [0.15, 0.2) is 0 Å². The molecule has 1 aromatic rings. The Labute approximate surface area is 139 Å². The Balaban J connectivity index is 1.52. The number of ether oxygens (including phenoxy) is 1. The molecule has 0 radical (unpaired) electrons. The van der Waals surface area contributed by atoms with E-state index in [1.165, 1.54) is 11.1 Å². The normalized spacial score (nSPS) is 22.9. The number of likely N-dealkylation sites (tertiary alicyclic amines) is 1. The number of nitrogens with zero attached hydrogens (tertiary/aromatic N) is 1. The van der Waals surface area contributed by atoms with Gasteiger partial charge in [-0.05, 0) is 50.4 Å². The zero-order valence-electron chi connectivity index (χ0n) is 14.3. The summed E-state index contributed by atoms with van der Waals surface area (Å²) in [6.07, 6.45) is 4.23. The third-order valence-electron chi connectivity index (χ3n) is 5.04. The van der Waals surface area contributed by atoms with Crippen molar-refractivity contribution >= 4 is 5.91 Å². The number of hydrogen-bond acceptors (Lipinski definition) is 3. The Morgan fingerprint density at radius 1 is 1.22 bits per heavy atom. The molecule has 2 saturated heterocycles. The monoisotopic (exact) mass is 316 g/mol. The van der Waals surface area contributed by atoms with Gasteiger partial charge in [-0.15, -0.1) is 0 Å². The van der Waals surface area contributed by atoms with Crippen molar-refractivity contribution in [3.05, 3.63) is 29.3 Å². The summed E-state index contributed by atoms with van der Waals surface area (Å²) in [5.41, 5.74) is 2.41. The van der Waals surface area contributed by atoms with Gasteiger partial charge < -0.3 is 15.0 Å². The van der Waals surface area contributed by atoms with Crippen molar-refractivity contribution < 1.29 is 9.53 Å². The largest absolute Gasteiger partial charge is 0.490 e. The van der Waals surface area contributed by atoms with E-state index in [2.05, 4.69) is 37.4 Å². The van der Waals surface area contributed by atoms with Gasteiger partial charge in [-0.2, -0.15) is 0 Å². The minimum Gasteiger partial charge on any atom is -0.490 e. The molecule has 1 aromatic carbocycles. The first-order valence-corrected chi connectivity index (χ1v) is 8.87. The first-order valence-electron chi connectivity index (χ1n) is 8.87. The third kappa shape index (κ3) is 4.05. The molecule has 2 heterocycles. The molecule has 4 nitrogen and oxygen atoms in total. The average Bonchev–Trinajstić information content (AvgIpc) is 2.59. The second kappa shape index (κ2) is 7.35. The lowest BCUT2D eigenvalue weighted by atomic mass is 9.96. The molecule has 0 aliphatic carbocycles. The van der Waals surface area contributed by atoms with Gasteiger partial charge in [-0.3, -0.25) is 4.79 Å². The van der Waals surface area contributed by atoms with Gasteiger partial charge in [-0.1, -0.05) is 12.1 Å². The van der Waals surface area contributed by atoms with Gasteiger partial charge in [0.25, 0.3) is 0 Å². The summed E-state index contributed by atoms with van der Waals surface area (Å²) in [6.45, 7) is 7.72. The molecule has 0 spiro atoms. The minimum absolute atomic E-state index is 0.181. The molecule has 23 heavy (non-hydrogen) atoms. The van der Waals surface area contributed by atoms with Gasteiger partial charge in [0, 0.05) is 32.5 Å². The topological polar surface area (TPSA) is 41.6 Å². The van der Waals surface area contributed by atoms with E-state index >= 15 is 0 Å². The molecular formula is C19H28N2O2. The van der Waals surface area contributed by atoms with Gasteiger partial charge >= 0.3 is 0 Å². The molecular weight excluding hydrogens is 288 g/mol. The Bertz CT molecular complexity index is 544. The fourth-order valence-corrected chi connectivity index (χ4v) is 3.53. The molecule has 126 valence electrons. The van der Waals surface area contributed by atoms with Crippen LogP contribution in [0.4, 0.5) is 0 Å². The molecule has 3 rings (SSSR count). The summed E-state index contributed by atoms with van der Waals surface area (Å²) < 4.78 is 6.19. The molecule has 0 bridgehead atoms. The van der Waals surface area contributed by atoms with Crippen molar-refractivity contribution in [2.24, 2.45) is 5.92 Å². The highest BCUT2D eigenvalue weighted by atomic mass is 16.5. The van der Waals surface area contributed by atoms with Crippen LogP contribution < -0.4 is 10.1 Å². The maximum absolute atomic E-state index is 12.6. The lowest BCUT2D eigenvalue weighted by molar-refractivity contribution is -0.137. The Kier molecular flexibility index (Phi) is 5.21. The van der Waals surface area contributed by atoms with Crippen LogP contribution in [0.15, 0.2) is 18.2 Å². The van der Waals surface area contributed by atoms with E-state index in [4.69, 9.17) is 4.74 Å². The zero-order valence-corrected chi connectivity index (χ0v) is 14.3. The number of carbonyl (C=O) groups is 1. The van der Waals surface area contributed by atoms with Crippen molar-refractivity contribution in [2.45, 2.75) is 45.6 Å². The molecule has 1 amide bonds. The van der Waals surface area contributed by atoms with Crippen LogP contribution in [0, 0.1) is 19.8 Å². The highest BCUT2D eigenvalue weighted by Gasteiger charge is 2.29. The van der Waals surface area contributed by atoms with Crippen LogP contribution in [0.2, 0.25) is 0 Å². The number of nitrogens with one attached hydrogen (secondary N) is 1. The number of benzene rings is 1. The quantitative estimate of drug-likeness (QED) is 0.932. The van der Waals surface area contributed by atoms with E-state index in [1.807, 2.05) is 4.90 Å². The average molecular weight is 316 g/mol. The predicted octanol–water partition coefficient (Wildman–Crippen LogP) is 2.67. The Morgan fingerprint density at radius 2 is 2.00 bits per heavy atom. The van der Waals surface area contributed by atoms with E-state index in [9.17, 15) is 4.79 Å². The van der Waals surface area contributed by atoms with E-state index in [-0.39, 0.29) is 12.0 Å². The molecule has 2 fully saturated rings. The van der Waals surface area contributed by atoms with E-state index in [0.29, 0.717) is 5.91 Å². The second-order valence-electron chi connectivity index (χ2n) is 6.95. The van der Waals surface area contributed by atoms with Crippen LogP contribution in [0.1, 0.15) is 36.8 Å². The van der Waals surface area contributed by atoms with Crippen molar-refractivity contribution in [1.29, 1.82) is 0 Å².